The zero-order chi connectivity index (χ0) is 12.0. The van der Waals surface area contributed by atoms with Crippen LogP contribution in [-0.4, -0.2) is 23.5 Å². The van der Waals surface area contributed by atoms with Gasteiger partial charge in [-0.3, -0.25) is 9.59 Å². The van der Waals surface area contributed by atoms with Crippen LogP contribution in [0.4, 0.5) is 0 Å². The number of rotatable bonds is 4. The van der Waals surface area contributed by atoms with Crippen LogP contribution in [0, 0.1) is 23.2 Å². The van der Waals surface area contributed by atoms with Crippen molar-refractivity contribution in [2.75, 3.05) is 6.54 Å². The molecule has 5 nitrogen and oxygen atoms in total. The first-order valence-electron chi connectivity index (χ1n) is 5.19. The van der Waals surface area contributed by atoms with Gasteiger partial charge in [0.05, 0.1) is 24.3 Å². The Labute approximate surface area is 93.8 Å². The lowest BCUT2D eigenvalue weighted by Crippen LogP contribution is -2.39. The van der Waals surface area contributed by atoms with E-state index in [9.17, 15) is 9.59 Å². The summed E-state index contributed by atoms with van der Waals surface area (Å²) in [6.07, 6.45) is 4.71. The molecule has 5 heteroatoms. The fraction of sp³-hybridized carbons (Fsp3) is 0.545. The number of aliphatic carboxylic acids is 1. The van der Waals surface area contributed by atoms with Crippen LogP contribution in [0.1, 0.15) is 19.3 Å². The number of carboxylic acid groups (broad SMARTS) is 1. The maximum Gasteiger partial charge on any atom is 0.307 e. The molecule has 2 unspecified atom stereocenters. The number of allylic oxidation sites excluding steroid dienone is 2. The normalized spacial score (nSPS) is 23.4. The summed E-state index contributed by atoms with van der Waals surface area (Å²) in [7, 11) is 0. The van der Waals surface area contributed by atoms with E-state index in [0.29, 0.717) is 12.8 Å². The van der Waals surface area contributed by atoms with E-state index in [1.54, 1.807) is 6.08 Å². The standard InChI is InChI=1S/C11H14N2O3/c12-6-3-7-13-10(14)8-4-1-2-5-9(8)11(15)16/h1-2,8-9H,3-5,7H2,(H,13,14)(H,15,16). The number of carboxylic acids is 1. The van der Waals surface area contributed by atoms with Crippen molar-refractivity contribution in [2.24, 2.45) is 11.8 Å². The van der Waals surface area contributed by atoms with E-state index in [-0.39, 0.29) is 18.9 Å². The van der Waals surface area contributed by atoms with Crippen LogP contribution >= 0.6 is 0 Å². The third-order valence-electron chi connectivity index (χ3n) is 2.62. The predicted octanol–water partition coefficient (Wildman–Crippen LogP) is 0.683. The zero-order valence-electron chi connectivity index (χ0n) is 8.85. The molecule has 2 atom stereocenters. The molecule has 1 aliphatic carbocycles. The summed E-state index contributed by atoms with van der Waals surface area (Å²) in [6, 6.07) is 1.91. The monoisotopic (exact) mass is 222 g/mol. The lowest BCUT2D eigenvalue weighted by Gasteiger charge is -2.23. The molecule has 1 amide bonds. The molecule has 0 aliphatic heterocycles. The Morgan fingerprint density at radius 2 is 2.00 bits per heavy atom. The second-order valence-electron chi connectivity index (χ2n) is 3.69. The maximum absolute atomic E-state index is 11.7. The lowest BCUT2D eigenvalue weighted by molar-refractivity contribution is -0.147. The average Bonchev–Trinajstić information content (AvgIpc) is 2.29. The number of hydrogen-bond donors (Lipinski definition) is 2. The Bertz CT molecular complexity index is 344. The van der Waals surface area contributed by atoms with E-state index >= 15 is 0 Å². The van der Waals surface area contributed by atoms with E-state index in [1.165, 1.54) is 0 Å². The Morgan fingerprint density at radius 3 is 2.56 bits per heavy atom. The third-order valence-corrected chi connectivity index (χ3v) is 2.62. The Kier molecular flexibility index (Phi) is 4.52. The van der Waals surface area contributed by atoms with E-state index < -0.39 is 17.8 Å². The first-order chi connectivity index (χ1) is 7.66. The van der Waals surface area contributed by atoms with Crippen molar-refractivity contribution in [3.63, 3.8) is 0 Å². The molecule has 0 saturated heterocycles. The number of nitrogens with one attached hydrogen (secondary N) is 1. The van der Waals surface area contributed by atoms with Crippen molar-refractivity contribution in [1.82, 2.24) is 5.32 Å². The van der Waals surface area contributed by atoms with Crippen molar-refractivity contribution in [3.05, 3.63) is 12.2 Å². The van der Waals surface area contributed by atoms with Crippen LogP contribution in [-0.2, 0) is 9.59 Å². The molecule has 2 N–H and O–H groups in total. The molecule has 0 saturated carbocycles. The summed E-state index contributed by atoms with van der Waals surface area (Å²) in [5.74, 6) is -2.37. The molecule has 0 spiro atoms. The van der Waals surface area contributed by atoms with Crippen LogP contribution in [0.25, 0.3) is 0 Å². The first-order valence-corrected chi connectivity index (χ1v) is 5.19. The SMILES string of the molecule is N#CCCNC(=O)C1CC=CCC1C(=O)O. The molecular weight excluding hydrogens is 208 g/mol. The van der Waals surface area contributed by atoms with E-state index in [2.05, 4.69) is 5.32 Å². The number of amides is 1. The summed E-state index contributed by atoms with van der Waals surface area (Å²) in [6.45, 7) is 0.280. The van der Waals surface area contributed by atoms with Gasteiger partial charge < -0.3 is 10.4 Å². The largest absolute Gasteiger partial charge is 0.481 e. The van der Waals surface area contributed by atoms with Crippen molar-refractivity contribution in [3.8, 4) is 6.07 Å². The lowest BCUT2D eigenvalue weighted by atomic mass is 9.82. The summed E-state index contributed by atoms with van der Waals surface area (Å²) < 4.78 is 0. The van der Waals surface area contributed by atoms with Crippen molar-refractivity contribution in [1.29, 1.82) is 5.26 Å². The predicted molar refractivity (Wildman–Crippen MR) is 56.2 cm³/mol. The highest BCUT2D eigenvalue weighted by Crippen LogP contribution is 2.25. The molecule has 16 heavy (non-hydrogen) atoms. The molecule has 1 aliphatic rings. The van der Waals surface area contributed by atoms with Gasteiger partial charge in [0.1, 0.15) is 0 Å². The van der Waals surface area contributed by atoms with Crippen LogP contribution in [0.15, 0.2) is 12.2 Å². The van der Waals surface area contributed by atoms with Gasteiger partial charge in [0.15, 0.2) is 0 Å². The van der Waals surface area contributed by atoms with E-state index in [1.807, 2.05) is 12.1 Å². The minimum absolute atomic E-state index is 0.242. The minimum atomic E-state index is -0.940. The summed E-state index contributed by atoms with van der Waals surface area (Å²) in [5, 5.41) is 19.9. The highest BCUT2D eigenvalue weighted by molar-refractivity contribution is 5.85. The van der Waals surface area contributed by atoms with Gasteiger partial charge in [0.25, 0.3) is 0 Å². The van der Waals surface area contributed by atoms with Crippen LogP contribution in [0.5, 0.6) is 0 Å². The fourth-order valence-electron chi connectivity index (χ4n) is 1.75. The summed E-state index contributed by atoms with van der Waals surface area (Å²) in [5.41, 5.74) is 0. The third kappa shape index (κ3) is 3.09. The van der Waals surface area contributed by atoms with Gasteiger partial charge in [-0.25, -0.2) is 0 Å². The molecule has 0 aromatic heterocycles. The maximum atomic E-state index is 11.7. The van der Waals surface area contributed by atoms with Crippen LogP contribution < -0.4 is 5.32 Å². The first kappa shape index (κ1) is 12.2. The number of hydrogen-bond acceptors (Lipinski definition) is 3. The average molecular weight is 222 g/mol. The van der Waals surface area contributed by atoms with Gasteiger partial charge in [0, 0.05) is 6.54 Å². The number of nitrogens with zero attached hydrogens (tertiary/aromatic N) is 1. The molecule has 86 valence electrons. The van der Waals surface area contributed by atoms with Crippen molar-refractivity contribution in [2.45, 2.75) is 19.3 Å². The van der Waals surface area contributed by atoms with Gasteiger partial charge in [-0.15, -0.1) is 0 Å². The number of nitriles is 1. The molecular formula is C11H14N2O3. The molecule has 0 heterocycles. The Morgan fingerprint density at radius 1 is 1.38 bits per heavy atom. The Balaban J connectivity index is 2.56. The highest BCUT2D eigenvalue weighted by Gasteiger charge is 2.33. The van der Waals surface area contributed by atoms with Gasteiger partial charge in [-0.1, -0.05) is 12.2 Å². The van der Waals surface area contributed by atoms with Crippen LogP contribution in [0.2, 0.25) is 0 Å². The van der Waals surface area contributed by atoms with Gasteiger partial charge in [-0.05, 0) is 12.8 Å². The summed E-state index contributed by atoms with van der Waals surface area (Å²) in [4.78, 5) is 22.6. The molecule has 0 radical (unpaired) electrons. The molecule has 0 fully saturated rings. The topological polar surface area (TPSA) is 90.2 Å². The minimum Gasteiger partial charge on any atom is -0.481 e. The summed E-state index contributed by atoms with van der Waals surface area (Å²) >= 11 is 0. The smallest absolute Gasteiger partial charge is 0.307 e. The Hall–Kier alpha value is -1.83. The van der Waals surface area contributed by atoms with Crippen LogP contribution in [0.3, 0.4) is 0 Å². The molecule has 0 bridgehead atoms. The highest BCUT2D eigenvalue weighted by atomic mass is 16.4. The van der Waals surface area contributed by atoms with Crippen molar-refractivity contribution >= 4 is 11.9 Å². The van der Waals surface area contributed by atoms with Gasteiger partial charge in [-0.2, -0.15) is 5.26 Å². The quantitative estimate of drug-likeness (QED) is 0.540. The number of carbonyl (C=O) groups excluding carboxylic acids is 1. The molecule has 0 aromatic carbocycles. The van der Waals surface area contributed by atoms with Gasteiger partial charge >= 0.3 is 5.97 Å². The zero-order valence-corrected chi connectivity index (χ0v) is 8.85. The van der Waals surface area contributed by atoms with Gasteiger partial charge in [0.2, 0.25) is 5.91 Å². The molecule has 0 aromatic rings. The van der Waals surface area contributed by atoms with E-state index in [0.717, 1.165) is 0 Å². The second-order valence-corrected chi connectivity index (χ2v) is 3.69. The van der Waals surface area contributed by atoms with E-state index in [4.69, 9.17) is 10.4 Å². The number of carbonyl (C=O) groups is 2. The second kappa shape index (κ2) is 5.91. The molecule has 1 rings (SSSR count). The van der Waals surface area contributed by atoms with Crippen molar-refractivity contribution < 1.29 is 14.7 Å². The fourth-order valence-corrected chi connectivity index (χ4v) is 1.75.